The summed E-state index contributed by atoms with van der Waals surface area (Å²) >= 11 is 2.22. The van der Waals surface area contributed by atoms with Gasteiger partial charge in [0.1, 0.15) is 12.4 Å². The summed E-state index contributed by atoms with van der Waals surface area (Å²) in [6.45, 7) is 3.72. The molecular weight excluding hydrogens is 333 g/mol. The van der Waals surface area contributed by atoms with Gasteiger partial charge in [-0.2, -0.15) is 0 Å². The van der Waals surface area contributed by atoms with E-state index in [0.29, 0.717) is 19.0 Å². The van der Waals surface area contributed by atoms with Crippen LogP contribution in [0.4, 0.5) is 5.82 Å². The number of hydrogen-bond acceptors (Lipinski definition) is 5. The van der Waals surface area contributed by atoms with Crippen LogP contribution in [0, 0.1) is 3.57 Å². The Kier molecular flexibility index (Phi) is 6.68. The molecule has 0 spiro atoms. The van der Waals surface area contributed by atoms with Crippen molar-refractivity contribution in [2.24, 2.45) is 0 Å². The minimum atomic E-state index is 0.441. The normalized spacial score (nSPS) is 10.6. The van der Waals surface area contributed by atoms with E-state index < -0.39 is 0 Å². The summed E-state index contributed by atoms with van der Waals surface area (Å²) in [6.07, 6.45) is 0.994. The Bertz CT molecular complexity index is 361. The Morgan fingerprint density at radius 3 is 2.65 bits per heavy atom. The van der Waals surface area contributed by atoms with Gasteiger partial charge < -0.3 is 14.8 Å². The van der Waals surface area contributed by atoms with E-state index >= 15 is 0 Å². The number of nitrogens with zero attached hydrogens (tertiary/aromatic N) is 2. The smallest absolute Gasteiger partial charge is 0.156 e. The maximum Gasteiger partial charge on any atom is 0.156 e. The van der Waals surface area contributed by atoms with Crippen molar-refractivity contribution >= 4 is 28.4 Å². The third kappa shape index (κ3) is 4.36. The molecule has 0 unspecified atom stereocenters. The maximum absolute atomic E-state index is 5.45. The van der Waals surface area contributed by atoms with Crippen LogP contribution in [-0.4, -0.2) is 30.7 Å². The standard InChI is InChI=1S/C11H18IN3O2/c1-4-5-17-7-9-14-8(6-16-3)10(12)11(13-2)15-9/h4-7H2,1-3H3,(H,13,14,15). The van der Waals surface area contributed by atoms with Crippen molar-refractivity contribution in [3.8, 4) is 0 Å². The first-order valence-electron chi connectivity index (χ1n) is 5.52. The molecule has 5 nitrogen and oxygen atoms in total. The van der Waals surface area contributed by atoms with Gasteiger partial charge in [0, 0.05) is 20.8 Å². The van der Waals surface area contributed by atoms with Crippen molar-refractivity contribution in [3.63, 3.8) is 0 Å². The first kappa shape index (κ1) is 14.6. The zero-order valence-electron chi connectivity index (χ0n) is 10.4. The van der Waals surface area contributed by atoms with E-state index in [9.17, 15) is 0 Å². The monoisotopic (exact) mass is 351 g/mol. The lowest BCUT2D eigenvalue weighted by Gasteiger charge is -2.10. The van der Waals surface area contributed by atoms with E-state index in [0.717, 1.165) is 28.1 Å². The van der Waals surface area contributed by atoms with Crippen molar-refractivity contribution in [1.29, 1.82) is 0 Å². The highest BCUT2D eigenvalue weighted by atomic mass is 127. The van der Waals surface area contributed by atoms with Gasteiger partial charge in [0.2, 0.25) is 0 Å². The fraction of sp³-hybridized carbons (Fsp3) is 0.636. The molecule has 96 valence electrons. The fourth-order valence-electron chi connectivity index (χ4n) is 1.32. The van der Waals surface area contributed by atoms with Crippen LogP contribution < -0.4 is 5.32 Å². The minimum absolute atomic E-state index is 0.441. The van der Waals surface area contributed by atoms with E-state index in [1.807, 2.05) is 7.05 Å². The molecule has 0 aliphatic rings. The molecule has 0 aliphatic carbocycles. The summed E-state index contributed by atoms with van der Waals surface area (Å²) in [7, 11) is 3.50. The molecule has 0 saturated heterocycles. The van der Waals surface area contributed by atoms with Crippen LogP contribution in [0.25, 0.3) is 0 Å². The first-order valence-corrected chi connectivity index (χ1v) is 6.60. The number of halogens is 1. The van der Waals surface area contributed by atoms with Crippen LogP contribution in [0.1, 0.15) is 24.9 Å². The molecule has 0 aromatic carbocycles. The topological polar surface area (TPSA) is 56.3 Å². The van der Waals surface area contributed by atoms with Crippen molar-refractivity contribution < 1.29 is 9.47 Å². The minimum Gasteiger partial charge on any atom is -0.378 e. The molecule has 1 rings (SSSR count). The molecule has 1 N–H and O–H groups in total. The molecule has 0 radical (unpaired) electrons. The SMILES string of the molecule is CCCOCc1nc(COC)c(I)c(NC)n1. The van der Waals surface area contributed by atoms with E-state index in [-0.39, 0.29) is 0 Å². The molecule has 0 aliphatic heterocycles. The molecule has 0 saturated carbocycles. The Morgan fingerprint density at radius 2 is 2.06 bits per heavy atom. The largest absolute Gasteiger partial charge is 0.378 e. The number of hydrogen-bond donors (Lipinski definition) is 1. The van der Waals surface area contributed by atoms with E-state index in [1.54, 1.807) is 7.11 Å². The summed E-state index contributed by atoms with van der Waals surface area (Å²) in [5.41, 5.74) is 0.891. The summed E-state index contributed by atoms with van der Waals surface area (Å²) in [5.74, 6) is 1.51. The Labute approximate surface area is 115 Å². The Hall–Kier alpha value is -0.470. The van der Waals surface area contributed by atoms with Gasteiger partial charge in [-0.25, -0.2) is 9.97 Å². The molecule has 0 fully saturated rings. The highest BCUT2D eigenvalue weighted by Gasteiger charge is 2.11. The van der Waals surface area contributed by atoms with Crippen LogP contribution in [0.15, 0.2) is 0 Å². The predicted octanol–water partition coefficient (Wildman–Crippen LogP) is 2.20. The Balaban J connectivity index is 2.86. The van der Waals surface area contributed by atoms with Crippen LogP contribution in [0.2, 0.25) is 0 Å². The van der Waals surface area contributed by atoms with E-state index in [4.69, 9.17) is 9.47 Å². The van der Waals surface area contributed by atoms with Crippen molar-refractivity contribution in [2.45, 2.75) is 26.6 Å². The molecule has 0 atom stereocenters. The van der Waals surface area contributed by atoms with Gasteiger partial charge in [-0.3, -0.25) is 0 Å². The molecule has 0 amide bonds. The maximum atomic E-state index is 5.45. The van der Waals surface area contributed by atoms with E-state index in [1.165, 1.54) is 0 Å². The van der Waals surface area contributed by atoms with Crippen LogP contribution in [0.3, 0.4) is 0 Å². The van der Waals surface area contributed by atoms with Gasteiger partial charge in [-0.05, 0) is 29.0 Å². The zero-order chi connectivity index (χ0) is 12.7. The summed E-state index contributed by atoms with van der Waals surface area (Å²) in [5, 5.41) is 3.06. The third-order valence-corrected chi connectivity index (χ3v) is 3.20. The van der Waals surface area contributed by atoms with Gasteiger partial charge >= 0.3 is 0 Å². The van der Waals surface area contributed by atoms with E-state index in [2.05, 4.69) is 44.8 Å². The summed E-state index contributed by atoms with van der Waals surface area (Å²) < 4.78 is 11.6. The number of rotatable bonds is 7. The zero-order valence-corrected chi connectivity index (χ0v) is 12.6. The molecule has 6 heteroatoms. The average molecular weight is 351 g/mol. The molecule has 0 bridgehead atoms. The van der Waals surface area contributed by atoms with Gasteiger partial charge in [0.25, 0.3) is 0 Å². The lowest BCUT2D eigenvalue weighted by molar-refractivity contribution is 0.115. The van der Waals surface area contributed by atoms with Gasteiger partial charge in [0.05, 0.1) is 15.9 Å². The predicted molar refractivity (Wildman–Crippen MR) is 75.0 cm³/mol. The summed E-state index contributed by atoms with van der Waals surface area (Å²) in [4.78, 5) is 8.83. The molecule has 1 heterocycles. The lowest BCUT2D eigenvalue weighted by atomic mass is 10.4. The van der Waals surface area contributed by atoms with Gasteiger partial charge in [-0.1, -0.05) is 6.92 Å². The number of nitrogens with one attached hydrogen (secondary N) is 1. The van der Waals surface area contributed by atoms with Crippen LogP contribution in [0.5, 0.6) is 0 Å². The third-order valence-electron chi connectivity index (χ3n) is 2.06. The molecule has 17 heavy (non-hydrogen) atoms. The highest BCUT2D eigenvalue weighted by molar-refractivity contribution is 14.1. The second-order valence-corrected chi connectivity index (χ2v) is 4.56. The number of aromatic nitrogens is 2. The van der Waals surface area contributed by atoms with Crippen LogP contribution in [-0.2, 0) is 22.7 Å². The molecule has 1 aromatic heterocycles. The lowest BCUT2D eigenvalue weighted by Crippen LogP contribution is -2.09. The second kappa shape index (κ2) is 7.78. The van der Waals surface area contributed by atoms with Gasteiger partial charge in [-0.15, -0.1) is 0 Å². The quantitative estimate of drug-likeness (QED) is 0.603. The number of methoxy groups -OCH3 is 1. The van der Waals surface area contributed by atoms with Crippen molar-refractivity contribution in [3.05, 3.63) is 15.1 Å². The first-order chi connectivity index (χ1) is 8.22. The van der Waals surface area contributed by atoms with Crippen LogP contribution >= 0.6 is 22.6 Å². The second-order valence-electron chi connectivity index (χ2n) is 3.48. The number of ether oxygens (including phenoxy) is 2. The van der Waals surface area contributed by atoms with Crippen molar-refractivity contribution in [1.82, 2.24) is 9.97 Å². The highest BCUT2D eigenvalue weighted by Crippen LogP contribution is 2.19. The summed E-state index contributed by atoms with van der Waals surface area (Å²) in [6, 6.07) is 0. The number of anilines is 1. The molecule has 1 aromatic rings. The Morgan fingerprint density at radius 1 is 1.29 bits per heavy atom. The fourth-order valence-corrected chi connectivity index (χ4v) is 1.98. The average Bonchev–Trinajstić information content (AvgIpc) is 2.33. The van der Waals surface area contributed by atoms with Crippen molar-refractivity contribution in [2.75, 3.05) is 26.1 Å². The van der Waals surface area contributed by atoms with Gasteiger partial charge in [0.15, 0.2) is 5.82 Å². The molecular formula is C11H18IN3O2.